The second-order valence-corrected chi connectivity index (χ2v) is 20.7. The van der Waals surface area contributed by atoms with Crippen LogP contribution in [-0.4, -0.2) is 218 Å². The second-order valence-electron chi connectivity index (χ2n) is 20.7. The number of aromatic nitrogens is 5. The van der Waals surface area contributed by atoms with Crippen LogP contribution in [0.2, 0.25) is 0 Å². The van der Waals surface area contributed by atoms with E-state index in [0.29, 0.717) is 23.5 Å². The van der Waals surface area contributed by atoms with Crippen LogP contribution >= 0.6 is 0 Å². The number of hydrogen-bond donors (Lipinski definition) is 10. The smallest absolute Gasteiger partial charge is 0.416 e. The van der Waals surface area contributed by atoms with Gasteiger partial charge in [-0.1, -0.05) is 23.4 Å². The van der Waals surface area contributed by atoms with E-state index in [1.54, 1.807) is 30.9 Å². The van der Waals surface area contributed by atoms with E-state index < -0.39 is 85.3 Å². The molecule has 11 N–H and O–H groups in total. The lowest BCUT2D eigenvalue weighted by atomic mass is 9.99. The fourth-order valence-electron chi connectivity index (χ4n) is 9.72. The van der Waals surface area contributed by atoms with Crippen LogP contribution in [0.25, 0.3) is 0 Å². The van der Waals surface area contributed by atoms with E-state index in [9.17, 15) is 59.1 Å². The van der Waals surface area contributed by atoms with Crippen molar-refractivity contribution in [1.29, 1.82) is 0 Å². The summed E-state index contributed by atoms with van der Waals surface area (Å²) in [5.74, 6) is 0.364. The summed E-state index contributed by atoms with van der Waals surface area (Å²) in [6, 6.07) is 8.56. The first-order chi connectivity index (χ1) is 41.6. The Bertz CT molecular complexity index is 3360. The molecule has 7 atom stereocenters. The van der Waals surface area contributed by atoms with Crippen molar-refractivity contribution in [2.45, 2.75) is 69.0 Å². The summed E-state index contributed by atoms with van der Waals surface area (Å²) >= 11 is 0. The molecule has 3 aliphatic heterocycles. The summed E-state index contributed by atoms with van der Waals surface area (Å²) in [5.41, 5.74) is 1.46. The molecule has 0 bridgehead atoms. The third kappa shape index (κ3) is 15.2. The molecule has 8 rings (SSSR count). The topological polar surface area (TPSA) is 410 Å². The van der Waals surface area contributed by atoms with E-state index in [2.05, 4.69) is 43.0 Å². The number of aliphatic hydroxyl groups excluding tert-OH is 4. The third-order valence-corrected chi connectivity index (χ3v) is 14.1. The molecule has 0 radical (unpaired) electrons. The van der Waals surface area contributed by atoms with E-state index in [1.807, 2.05) is 19.0 Å². The highest BCUT2D eigenvalue weighted by Gasteiger charge is 2.49. The lowest BCUT2D eigenvalue weighted by Gasteiger charge is -2.38. The summed E-state index contributed by atoms with van der Waals surface area (Å²) in [4.78, 5) is 103. The molecule has 6 amide bonds. The molecule has 1 unspecified atom stereocenters. The predicted molar refractivity (Wildman–Crippen MR) is 303 cm³/mol. The summed E-state index contributed by atoms with van der Waals surface area (Å²) < 4.78 is 38.4. The molecule has 87 heavy (non-hydrogen) atoms. The maximum atomic E-state index is 14.4. The van der Waals surface area contributed by atoms with Crippen LogP contribution in [0, 0.1) is 0 Å². The number of benzene rings is 2. The number of carbonyl (C=O) groups is 7. The number of aliphatic carboxylic acids is 1. The van der Waals surface area contributed by atoms with Gasteiger partial charge in [-0.25, -0.2) is 25.1 Å². The average molecular weight is 1220 g/mol. The number of fused-ring (bicyclic) bond motifs is 2. The number of nitrogens with two attached hydrogens (primary N) is 1. The van der Waals surface area contributed by atoms with Gasteiger partial charge in [-0.2, -0.15) is 0 Å². The van der Waals surface area contributed by atoms with Crippen LogP contribution in [0.15, 0.2) is 73.2 Å². The van der Waals surface area contributed by atoms with E-state index in [-0.39, 0.29) is 115 Å². The Labute approximate surface area is 496 Å². The SMILES string of the molecule is C=C1C[C@H]2C(O)N(C(=O)OCc3ccc(O[C@@H]4O[C@H](C(=O)O)[C@@H](O)[C@H](O)[C@H]4O)c(C(=O)NCCOCCON)c3)c3cc(OCCn4cc(C(=O)Nc5cc(C(=O)Nc6cc(C(=O)NCCCN(C)C)n(C)c6)n(C)c5)nn4)c(OC)cc3C(=O)N2C1. The number of nitrogens with zero attached hydrogens (tertiary/aromatic N) is 8. The summed E-state index contributed by atoms with van der Waals surface area (Å²) in [5, 5.41) is 71.9. The lowest BCUT2D eigenvalue weighted by molar-refractivity contribution is -0.271. The van der Waals surface area contributed by atoms with E-state index in [1.165, 1.54) is 70.1 Å². The van der Waals surface area contributed by atoms with Gasteiger partial charge in [-0.15, -0.1) is 5.10 Å². The van der Waals surface area contributed by atoms with Crippen molar-refractivity contribution in [2.75, 3.05) is 89.3 Å². The van der Waals surface area contributed by atoms with Crippen LogP contribution in [-0.2, 0) is 51.1 Å². The van der Waals surface area contributed by atoms with Crippen molar-refractivity contribution in [3.8, 4) is 17.2 Å². The highest BCUT2D eigenvalue weighted by atomic mass is 16.7. The molecule has 2 aromatic carbocycles. The molecule has 0 aliphatic carbocycles. The molecule has 6 heterocycles. The van der Waals surface area contributed by atoms with Crippen LogP contribution in [0.3, 0.4) is 0 Å². The van der Waals surface area contributed by atoms with Crippen molar-refractivity contribution >= 4 is 58.7 Å². The van der Waals surface area contributed by atoms with Gasteiger partial charge in [-0.05, 0) is 69.4 Å². The highest BCUT2D eigenvalue weighted by molar-refractivity contribution is 6.08. The minimum Gasteiger partial charge on any atom is -0.493 e. The molecule has 3 aliphatic rings. The molecule has 5 aromatic rings. The molecule has 2 fully saturated rings. The number of rotatable bonds is 26. The largest absolute Gasteiger partial charge is 0.493 e. The fraction of sp³-hybridized carbons (Fsp3) is 0.436. The lowest BCUT2D eigenvalue weighted by Crippen LogP contribution is -2.61. The number of hydrogen-bond acceptors (Lipinski definition) is 22. The Morgan fingerprint density at radius 1 is 0.816 bits per heavy atom. The third-order valence-electron chi connectivity index (χ3n) is 14.1. The Kier molecular flexibility index (Phi) is 21.0. The summed E-state index contributed by atoms with van der Waals surface area (Å²) in [6.07, 6.45) is -7.41. The van der Waals surface area contributed by atoms with Crippen LogP contribution < -0.4 is 46.3 Å². The van der Waals surface area contributed by atoms with E-state index >= 15 is 0 Å². The van der Waals surface area contributed by atoms with Gasteiger partial charge in [0.15, 0.2) is 29.5 Å². The van der Waals surface area contributed by atoms with Crippen molar-refractivity contribution in [1.82, 2.24) is 44.6 Å². The Balaban J connectivity index is 0.940. The maximum Gasteiger partial charge on any atom is 0.416 e. The number of nitrogens with one attached hydrogen (secondary N) is 4. The molecule has 32 heteroatoms. The monoisotopic (exact) mass is 1220 g/mol. The highest BCUT2D eigenvalue weighted by Crippen LogP contribution is 2.42. The molecule has 32 nitrogen and oxygen atoms in total. The Morgan fingerprint density at radius 3 is 2.21 bits per heavy atom. The van der Waals surface area contributed by atoms with Crippen LogP contribution in [0.4, 0.5) is 21.9 Å². The standard InChI is InChI=1S/C55H69N13O19/c1-29-18-39-52(77)68(55(80)84-28-30-8-9-40(34(19-30)47(72)58-11-14-82-16-17-85-56)86-54-45(71)43(69)44(70)46(87-54)53(78)79)36-23-42(41(81-6)22-33(36)51(76)67(39)24-29)83-15-13-66-27-35(61-62-66)48(73)59-31-21-38(65(5)25-31)50(75)60-32-20-37(64(4)26-32)49(74)57-10-7-12-63(2)3/h8-9,19-23,25-27,39,43-46,52,54,69-71,77H,1,7,10-18,24,28,56H2,2-6H3,(H,57,74)(H,58,72)(H,59,73)(H,60,75)(H,78,79)/t39-,43-,44-,45+,46-,52?,54+/m0/s1. The second kappa shape index (κ2) is 28.5. The minimum atomic E-state index is -2.03. The number of carbonyl (C=O) groups excluding carboxylic acids is 6. The molecule has 3 aromatic heterocycles. The number of anilines is 3. The molecular weight excluding hydrogens is 1150 g/mol. The van der Waals surface area contributed by atoms with Crippen molar-refractivity contribution < 1.29 is 92.4 Å². The maximum absolute atomic E-state index is 14.4. The first kappa shape index (κ1) is 64.0. The predicted octanol–water partition coefficient (Wildman–Crippen LogP) is -0.618. The van der Waals surface area contributed by atoms with Gasteiger partial charge in [0.05, 0.1) is 73.9 Å². The number of aliphatic hydroxyl groups is 4. The van der Waals surface area contributed by atoms with Gasteiger partial charge in [0.25, 0.3) is 29.5 Å². The van der Waals surface area contributed by atoms with Gasteiger partial charge >= 0.3 is 12.1 Å². The average Bonchev–Trinajstić information content (AvgIpc) is 1.71. The normalized spacial score (nSPS) is 19.9. The number of amides is 6. The number of aryl methyl sites for hydroxylation is 2. The zero-order chi connectivity index (χ0) is 62.8. The number of carboxylic acid groups (broad SMARTS) is 1. The van der Waals surface area contributed by atoms with Gasteiger partial charge in [0.2, 0.25) is 6.29 Å². The Hall–Kier alpha value is -8.99. The van der Waals surface area contributed by atoms with Crippen molar-refractivity contribution in [2.24, 2.45) is 20.0 Å². The molecule has 0 saturated carbocycles. The van der Waals surface area contributed by atoms with E-state index in [0.717, 1.165) is 17.9 Å². The minimum absolute atomic E-state index is 0.00476. The van der Waals surface area contributed by atoms with Crippen molar-refractivity contribution in [3.63, 3.8) is 0 Å². The first-order valence-electron chi connectivity index (χ1n) is 27.2. The Morgan fingerprint density at radius 2 is 1.52 bits per heavy atom. The molecular formula is C55H69N13O19. The molecule has 468 valence electrons. The first-order valence-corrected chi connectivity index (χ1v) is 27.2. The summed E-state index contributed by atoms with van der Waals surface area (Å²) in [7, 11) is 8.55. The van der Waals surface area contributed by atoms with Crippen LogP contribution in [0.5, 0.6) is 17.2 Å². The van der Waals surface area contributed by atoms with E-state index in [4.69, 9.17) is 34.3 Å². The van der Waals surface area contributed by atoms with Gasteiger partial charge in [-0.3, -0.25) is 24.0 Å². The van der Waals surface area contributed by atoms with Crippen LogP contribution in [0.1, 0.15) is 70.6 Å². The van der Waals surface area contributed by atoms with Gasteiger partial charge in [0.1, 0.15) is 48.7 Å². The molecule has 2 saturated heterocycles. The zero-order valence-electron chi connectivity index (χ0n) is 48.1. The van der Waals surface area contributed by atoms with Gasteiger partial charge < -0.3 is 99.0 Å². The van der Waals surface area contributed by atoms with Gasteiger partial charge in [0, 0.05) is 52.2 Å². The van der Waals surface area contributed by atoms with Crippen molar-refractivity contribution in [3.05, 3.63) is 107 Å². The number of ether oxygens (including phenoxy) is 6. The fourth-order valence-corrected chi connectivity index (χ4v) is 9.72. The number of carboxylic acids is 1. The number of methoxy groups -OCH3 is 1. The molecule has 0 spiro atoms. The quantitative estimate of drug-likeness (QED) is 0.0187. The zero-order valence-corrected chi connectivity index (χ0v) is 48.1. The summed E-state index contributed by atoms with van der Waals surface area (Å²) in [6.45, 7) is 4.80.